The van der Waals surface area contributed by atoms with Gasteiger partial charge in [-0.15, -0.1) is 0 Å². The van der Waals surface area contributed by atoms with E-state index in [9.17, 15) is 5.11 Å². The molecule has 1 aliphatic heterocycles. The number of benzene rings is 1. The Morgan fingerprint density at radius 3 is 2.47 bits per heavy atom. The highest BCUT2D eigenvalue weighted by Crippen LogP contribution is 2.41. The van der Waals surface area contributed by atoms with Crippen LogP contribution in [0.3, 0.4) is 0 Å². The molecular weight excluding hydrogens is 376 g/mol. The first-order chi connectivity index (χ1) is 14.7. The van der Waals surface area contributed by atoms with Crippen LogP contribution in [0, 0.1) is 11.8 Å². The van der Waals surface area contributed by atoms with Crippen molar-refractivity contribution >= 4 is 5.95 Å². The minimum Gasteiger partial charge on any atom is -0.391 e. The monoisotopic (exact) mass is 404 g/mol. The Hall–Kier alpha value is -2.77. The fourth-order valence-corrected chi connectivity index (χ4v) is 4.96. The van der Waals surface area contributed by atoms with Gasteiger partial charge < -0.3 is 10.4 Å². The third-order valence-corrected chi connectivity index (χ3v) is 6.45. The van der Waals surface area contributed by atoms with Crippen molar-refractivity contribution in [1.29, 1.82) is 0 Å². The van der Waals surface area contributed by atoms with Gasteiger partial charge in [0.15, 0.2) is 0 Å². The number of rotatable bonds is 6. The molecule has 0 amide bonds. The maximum Gasteiger partial charge on any atom is 0.222 e. The van der Waals surface area contributed by atoms with E-state index in [0.29, 0.717) is 17.8 Å². The number of nitrogens with one attached hydrogen (secondary N) is 1. The zero-order chi connectivity index (χ0) is 20.3. The summed E-state index contributed by atoms with van der Waals surface area (Å²) in [6, 6.07) is 12.3. The Morgan fingerprint density at radius 2 is 1.73 bits per heavy atom. The third-order valence-electron chi connectivity index (χ3n) is 6.45. The van der Waals surface area contributed by atoms with E-state index in [1.165, 1.54) is 5.56 Å². The van der Waals surface area contributed by atoms with Gasteiger partial charge in [-0.05, 0) is 36.3 Å². The normalized spacial score (nSPS) is 26.4. The smallest absolute Gasteiger partial charge is 0.222 e. The summed E-state index contributed by atoms with van der Waals surface area (Å²) in [7, 11) is 0. The molecule has 2 aromatic heterocycles. The first-order valence-corrected chi connectivity index (χ1v) is 10.7. The lowest BCUT2D eigenvalue weighted by Gasteiger charge is -2.35. The number of aromatic nitrogens is 4. The van der Waals surface area contributed by atoms with Gasteiger partial charge in [-0.25, -0.2) is 9.97 Å². The van der Waals surface area contributed by atoms with Crippen molar-refractivity contribution in [3.05, 3.63) is 72.3 Å². The molecule has 0 bridgehead atoms. The lowest BCUT2D eigenvalue weighted by Crippen LogP contribution is -2.36. The molecule has 2 aliphatic rings. The van der Waals surface area contributed by atoms with Crippen LogP contribution >= 0.6 is 0 Å². The lowest BCUT2D eigenvalue weighted by atomic mass is 9.77. The van der Waals surface area contributed by atoms with Crippen LogP contribution in [0.1, 0.15) is 30.0 Å². The Kier molecular flexibility index (Phi) is 5.46. The van der Waals surface area contributed by atoms with Gasteiger partial charge in [0.05, 0.1) is 12.1 Å². The van der Waals surface area contributed by atoms with E-state index in [4.69, 9.17) is 0 Å². The molecular formula is C23H28N6O. The molecule has 30 heavy (non-hydrogen) atoms. The molecule has 2 N–H and O–H groups in total. The van der Waals surface area contributed by atoms with Crippen molar-refractivity contribution in [3.8, 4) is 0 Å². The number of hydrogen-bond acceptors (Lipinski definition) is 6. The van der Waals surface area contributed by atoms with Gasteiger partial charge in [-0.3, -0.25) is 9.58 Å². The Bertz CT molecular complexity index is 930. The minimum absolute atomic E-state index is 0.0968. The molecule has 5 rings (SSSR count). The van der Waals surface area contributed by atoms with Crippen LogP contribution < -0.4 is 5.32 Å². The van der Waals surface area contributed by atoms with Gasteiger partial charge in [-0.1, -0.05) is 30.3 Å². The highest BCUT2D eigenvalue weighted by molar-refractivity contribution is 5.28. The number of fused-ring (bicyclic) bond motifs is 1. The first kappa shape index (κ1) is 19.2. The molecule has 0 unspecified atom stereocenters. The SMILES string of the molecule is O[C@@H]1C[C@H]2CN(Cc3cnc(NCc4ccccc4)nc3)C[C@H]2C[C@H]1n1cccn1. The molecule has 4 atom stereocenters. The maximum absolute atomic E-state index is 10.6. The molecule has 2 fully saturated rings. The quantitative estimate of drug-likeness (QED) is 0.658. The van der Waals surface area contributed by atoms with Crippen LogP contribution in [-0.2, 0) is 13.1 Å². The summed E-state index contributed by atoms with van der Waals surface area (Å²) >= 11 is 0. The summed E-state index contributed by atoms with van der Waals surface area (Å²) < 4.78 is 1.93. The number of nitrogens with zero attached hydrogens (tertiary/aromatic N) is 5. The van der Waals surface area contributed by atoms with E-state index in [1.807, 2.05) is 47.5 Å². The van der Waals surface area contributed by atoms with Gasteiger partial charge in [-0.2, -0.15) is 5.10 Å². The zero-order valence-electron chi connectivity index (χ0n) is 17.0. The predicted octanol–water partition coefficient (Wildman–Crippen LogP) is 2.73. The fourth-order valence-electron chi connectivity index (χ4n) is 4.96. The molecule has 3 aromatic rings. The summed E-state index contributed by atoms with van der Waals surface area (Å²) in [5.74, 6) is 1.82. The van der Waals surface area contributed by atoms with E-state index in [-0.39, 0.29) is 12.1 Å². The van der Waals surface area contributed by atoms with Crippen molar-refractivity contribution in [2.24, 2.45) is 11.8 Å². The van der Waals surface area contributed by atoms with E-state index in [0.717, 1.165) is 44.6 Å². The molecule has 7 heteroatoms. The molecule has 1 saturated carbocycles. The van der Waals surface area contributed by atoms with Crippen molar-refractivity contribution in [3.63, 3.8) is 0 Å². The van der Waals surface area contributed by atoms with Crippen LogP contribution in [0.25, 0.3) is 0 Å². The predicted molar refractivity (Wildman–Crippen MR) is 115 cm³/mol. The van der Waals surface area contributed by atoms with E-state index in [1.54, 1.807) is 6.20 Å². The van der Waals surface area contributed by atoms with Crippen LogP contribution in [-0.4, -0.2) is 48.9 Å². The second kappa shape index (κ2) is 8.53. The average molecular weight is 405 g/mol. The van der Waals surface area contributed by atoms with Crippen molar-refractivity contribution in [2.75, 3.05) is 18.4 Å². The van der Waals surface area contributed by atoms with Gasteiger partial charge >= 0.3 is 0 Å². The van der Waals surface area contributed by atoms with Gasteiger partial charge in [0.1, 0.15) is 0 Å². The second-order valence-electron chi connectivity index (χ2n) is 8.56. The molecule has 0 radical (unpaired) electrons. The minimum atomic E-state index is -0.315. The van der Waals surface area contributed by atoms with E-state index >= 15 is 0 Å². The lowest BCUT2D eigenvalue weighted by molar-refractivity contribution is 0.0306. The van der Waals surface area contributed by atoms with Crippen LogP contribution in [0.15, 0.2) is 61.2 Å². The topological polar surface area (TPSA) is 79.1 Å². The maximum atomic E-state index is 10.6. The molecule has 7 nitrogen and oxygen atoms in total. The van der Waals surface area contributed by atoms with Gasteiger partial charge in [0.2, 0.25) is 5.95 Å². The second-order valence-corrected chi connectivity index (χ2v) is 8.56. The van der Waals surface area contributed by atoms with Crippen LogP contribution in [0.5, 0.6) is 0 Å². The number of hydrogen-bond donors (Lipinski definition) is 2. The summed E-state index contributed by atoms with van der Waals surface area (Å²) in [5, 5.41) is 18.2. The highest BCUT2D eigenvalue weighted by Gasteiger charge is 2.42. The van der Waals surface area contributed by atoms with Gasteiger partial charge in [0.25, 0.3) is 0 Å². The molecule has 0 spiro atoms. The van der Waals surface area contributed by atoms with Crippen molar-refractivity contribution in [1.82, 2.24) is 24.6 Å². The van der Waals surface area contributed by atoms with Crippen LogP contribution in [0.4, 0.5) is 5.95 Å². The first-order valence-electron chi connectivity index (χ1n) is 10.7. The Morgan fingerprint density at radius 1 is 0.967 bits per heavy atom. The summed E-state index contributed by atoms with van der Waals surface area (Å²) in [5.41, 5.74) is 2.34. The number of aliphatic hydroxyl groups excluding tert-OH is 1. The largest absolute Gasteiger partial charge is 0.391 e. The number of aliphatic hydroxyl groups is 1. The zero-order valence-corrected chi connectivity index (χ0v) is 17.0. The third kappa shape index (κ3) is 4.22. The molecule has 1 aliphatic carbocycles. The fraction of sp³-hybridized carbons (Fsp3) is 0.435. The molecule has 1 saturated heterocycles. The molecule has 1 aromatic carbocycles. The summed E-state index contributed by atoms with van der Waals surface area (Å²) in [6.07, 6.45) is 9.12. The number of likely N-dealkylation sites (tertiary alicyclic amines) is 1. The highest BCUT2D eigenvalue weighted by atomic mass is 16.3. The van der Waals surface area contributed by atoms with E-state index < -0.39 is 0 Å². The van der Waals surface area contributed by atoms with E-state index in [2.05, 4.69) is 37.4 Å². The number of anilines is 1. The average Bonchev–Trinajstić information content (AvgIpc) is 3.43. The molecule has 3 heterocycles. The standard InChI is InChI=1S/C23H28N6O/c30-22-10-20-16-28(15-19(20)9-21(22)29-8-4-7-27-29)14-18-12-25-23(26-13-18)24-11-17-5-2-1-3-6-17/h1-8,12-13,19-22,30H,9-11,14-16H2,(H,24,25,26)/t19-,20+,21-,22-/m1/s1. The van der Waals surface area contributed by atoms with Crippen LogP contribution in [0.2, 0.25) is 0 Å². The Labute approximate surface area is 176 Å². The summed E-state index contributed by atoms with van der Waals surface area (Å²) in [6.45, 7) is 3.66. The summed E-state index contributed by atoms with van der Waals surface area (Å²) in [4.78, 5) is 11.4. The molecule has 156 valence electrons. The van der Waals surface area contributed by atoms with Crippen molar-refractivity contribution in [2.45, 2.75) is 38.1 Å². The Balaban J connectivity index is 1.15. The van der Waals surface area contributed by atoms with Crippen molar-refractivity contribution < 1.29 is 5.11 Å². The van der Waals surface area contributed by atoms with Gasteiger partial charge in [0, 0.05) is 56.5 Å².